The third-order valence-electron chi connectivity index (χ3n) is 10.2. The highest BCUT2D eigenvalue weighted by Gasteiger charge is 2.69. The van der Waals surface area contributed by atoms with E-state index in [1.807, 2.05) is 0 Å². The van der Waals surface area contributed by atoms with Crippen molar-refractivity contribution >= 4 is 5.97 Å². The lowest BCUT2D eigenvalue weighted by Gasteiger charge is -2.46. The first-order valence-electron chi connectivity index (χ1n) is 12.8. The number of methoxy groups -OCH3 is 1. The van der Waals surface area contributed by atoms with Gasteiger partial charge in [-0.15, -0.1) is 0 Å². The zero-order chi connectivity index (χ0) is 24.0. The van der Waals surface area contributed by atoms with Crippen LogP contribution in [0.2, 0.25) is 0 Å². The van der Waals surface area contributed by atoms with E-state index in [0.29, 0.717) is 18.4 Å². The van der Waals surface area contributed by atoms with Crippen molar-refractivity contribution in [2.24, 2.45) is 34.0 Å². The van der Waals surface area contributed by atoms with Crippen LogP contribution in [0.4, 0.5) is 0 Å². The lowest BCUT2D eigenvalue weighted by Crippen LogP contribution is -2.55. The molecule has 2 bridgehead atoms. The van der Waals surface area contributed by atoms with Crippen molar-refractivity contribution in [3.63, 3.8) is 0 Å². The number of carbonyl (C=O) groups is 1. The number of rotatable bonds is 5. The maximum absolute atomic E-state index is 12.4. The molecule has 0 unspecified atom stereocenters. The molecule has 0 spiro atoms. The molecule has 7 heteroatoms. The molecular formula is C26H43NO6. The predicted octanol–water partition coefficient (Wildman–Crippen LogP) is 4.49. The van der Waals surface area contributed by atoms with Gasteiger partial charge in [-0.25, -0.2) is 9.63 Å². The van der Waals surface area contributed by atoms with Crippen LogP contribution in [0.3, 0.4) is 0 Å². The van der Waals surface area contributed by atoms with Gasteiger partial charge in [0, 0.05) is 17.8 Å². The second-order valence-corrected chi connectivity index (χ2v) is 13.4. The normalized spacial score (nSPS) is 48.3. The Labute approximate surface area is 198 Å². The zero-order valence-corrected chi connectivity index (χ0v) is 21.7. The minimum absolute atomic E-state index is 0.00772. The van der Waals surface area contributed by atoms with Gasteiger partial charge in [-0.3, -0.25) is 4.84 Å². The Morgan fingerprint density at radius 3 is 2.45 bits per heavy atom. The molecule has 2 saturated heterocycles. The molecule has 0 aromatic rings. The third kappa shape index (κ3) is 3.36. The van der Waals surface area contributed by atoms with Crippen LogP contribution in [-0.2, 0) is 28.7 Å². The van der Waals surface area contributed by atoms with E-state index in [0.717, 1.165) is 25.7 Å². The largest absolute Gasteiger partial charge is 0.467 e. The van der Waals surface area contributed by atoms with Gasteiger partial charge in [-0.1, -0.05) is 46.8 Å². The zero-order valence-electron chi connectivity index (χ0n) is 21.7. The smallest absolute Gasteiger partial charge is 0.337 e. The summed E-state index contributed by atoms with van der Waals surface area (Å²) in [5, 5.41) is 1.59. The minimum atomic E-state index is -0.605. The summed E-state index contributed by atoms with van der Waals surface area (Å²) in [5.74, 6) is 0.546. The molecule has 0 N–H and O–H groups in total. The van der Waals surface area contributed by atoms with Crippen molar-refractivity contribution in [1.82, 2.24) is 5.23 Å². The molecule has 5 aliphatic rings. The number of ether oxygens (including phenoxy) is 3. The van der Waals surface area contributed by atoms with Crippen LogP contribution >= 0.6 is 0 Å². The van der Waals surface area contributed by atoms with Crippen LogP contribution in [0.1, 0.15) is 80.6 Å². The van der Waals surface area contributed by atoms with Gasteiger partial charge in [0.05, 0.1) is 31.5 Å². The highest BCUT2D eigenvalue weighted by molar-refractivity contribution is 5.75. The van der Waals surface area contributed by atoms with Crippen LogP contribution in [0.5, 0.6) is 0 Å². The number of hydrogen-bond acceptors (Lipinski definition) is 7. The summed E-state index contributed by atoms with van der Waals surface area (Å²) in [7, 11) is 1.42. The average Bonchev–Trinajstić information content (AvgIpc) is 3.34. The molecule has 3 saturated carbocycles. The van der Waals surface area contributed by atoms with Gasteiger partial charge in [0.2, 0.25) is 0 Å². The average molecular weight is 466 g/mol. The van der Waals surface area contributed by atoms with Crippen LogP contribution in [-0.4, -0.2) is 55.1 Å². The highest BCUT2D eigenvalue weighted by atomic mass is 17.0. The van der Waals surface area contributed by atoms with E-state index in [-0.39, 0.29) is 45.9 Å². The van der Waals surface area contributed by atoms with Crippen LogP contribution in [0.15, 0.2) is 0 Å². The first kappa shape index (κ1) is 24.0. The third-order valence-corrected chi connectivity index (χ3v) is 10.2. The van der Waals surface area contributed by atoms with Crippen molar-refractivity contribution in [3.05, 3.63) is 0 Å². The van der Waals surface area contributed by atoms with E-state index in [1.54, 1.807) is 5.23 Å². The van der Waals surface area contributed by atoms with Gasteiger partial charge in [-0.05, 0) is 55.3 Å². The Balaban J connectivity index is 1.35. The molecule has 0 aromatic carbocycles. The summed E-state index contributed by atoms with van der Waals surface area (Å²) >= 11 is 0. The van der Waals surface area contributed by atoms with Crippen molar-refractivity contribution in [2.75, 3.05) is 13.7 Å². The fourth-order valence-electron chi connectivity index (χ4n) is 7.76. The molecule has 2 aliphatic heterocycles. The SMILES string of the molecule is COC(=O)[C@H]1ON2O[C@H](O[C@@H]3[C@H]4CC[C@@](C)([C@@H]3OCC(C)(C)C)C4(C)C)C[C@@H]3CC[C@H]1[C@@]32C. The number of fused-ring (bicyclic) bond motifs is 2. The first-order valence-corrected chi connectivity index (χ1v) is 12.8. The van der Waals surface area contributed by atoms with Crippen LogP contribution < -0.4 is 0 Å². The Morgan fingerprint density at radius 1 is 1.06 bits per heavy atom. The van der Waals surface area contributed by atoms with Gasteiger partial charge in [-0.2, -0.15) is 0 Å². The molecule has 5 fully saturated rings. The fraction of sp³-hybridized carbons (Fsp3) is 0.962. The maximum Gasteiger partial charge on any atom is 0.337 e. The van der Waals surface area contributed by atoms with Gasteiger partial charge >= 0.3 is 5.97 Å². The number of nitrogens with zero attached hydrogens (tertiary/aromatic N) is 1. The van der Waals surface area contributed by atoms with E-state index in [2.05, 4.69) is 48.5 Å². The fourth-order valence-corrected chi connectivity index (χ4v) is 7.76. The number of esters is 1. The summed E-state index contributed by atoms with van der Waals surface area (Å²) in [6, 6.07) is 0. The van der Waals surface area contributed by atoms with E-state index < -0.39 is 12.4 Å². The van der Waals surface area contributed by atoms with Crippen LogP contribution in [0, 0.1) is 34.0 Å². The van der Waals surface area contributed by atoms with E-state index >= 15 is 0 Å². The Kier molecular flexibility index (Phi) is 5.55. The monoisotopic (exact) mass is 465 g/mol. The summed E-state index contributed by atoms with van der Waals surface area (Å²) in [4.78, 5) is 24.7. The van der Waals surface area contributed by atoms with Gasteiger partial charge in [0.1, 0.15) is 0 Å². The topological polar surface area (TPSA) is 66.5 Å². The summed E-state index contributed by atoms with van der Waals surface area (Å²) < 4.78 is 18.5. The molecular weight excluding hydrogens is 422 g/mol. The summed E-state index contributed by atoms with van der Waals surface area (Å²) in [5.41, 5.74) is -0.000703. The molecule has 7 nitrogen and oxygen atoms in total. The van der Waals surface area contributed by atoms with Crippen molar-refractivity contribution < 1.29 is 28.7 Å². The molecule has 2 heterocycles. The standard InChI is InChI=1S/C26H43NO6/c1-23(2,3)14-30-21-19(16-11-12-25(21,6)24(16,4)5)31-18-13-15-9-10-17-20(22(28)29-8)33-27(32-18)26(15,17)7/h15-21H,9-14H2,1-8H3/t15-,16+,17+,18-,19+,20-,21+,25-,26+/m0/s1. The number of hydroxylamine groups is 2. The predicted molar refractivity (Wildman–Crippen MR) is 122 cm³/mol. The first-order chi connectivity index (χ1) is 15.3. The summed E-state index contributed by atoms with van der Waals surface area (Å²) in [6.07, 6.45) is 4.14. The highest BCUT2D eigenvalue weighted by Crippen LogP contribution is 2.67. The van der Waals surface area contributed by atoms with Crippen molar-refractivity contribution in [2.45, 2.75) is 111 Å². The molecule has 33 heavy (non-hydrogen) atoms. The molecule has 188 valence electrons. The van der Waals surface area contributed by atoms with E-state index in [9.17, 15) is 4.79 Å². The quantitative estimate of drug-likeness (QED) is 0.554. The Bertz CT molecular complexity index is 794. The lowest BCUT2D eigenvalue weighted by atomic mass is 9.70. The van der Waals surface area contributed by atoms with Gasteiger partial charge in [0.15, 0.2) is 12.4 Å². The lowest BCUT2D eigenvalue weighted by molar-refractivity contribution is -0.464. The van der Waals surface area contributed by atoms with Crippen LogP contribution in [0.25, 0.3) is 0 Å². The molecule has 9 atom stereocenters. The Morgan fingerprint density at radius 2 is 1.79 bits per heavy atom. The van der Waals surface area contributed by atoms with Crippen molar-refractivity contribution in [1.29, 1.82) is 0 Å². The second kappa shape index (κ2) is 7.63. The Hall–Kier alpha value is -0.730. The summed E-state index contributed by atoms with van der Waals surface area (Å²) in [6.45, 7) is 16.7. The molecule has 3 aliphatic carbocycles. The molecule has 0 radical (unpaired) electrons. The molecule has 0 amide bonds. The number of carbonyl (C=O) groups excluding carboxylic acids is 1. The van der Waals surface area contributed by atoms with E-state index in [1.165, 1.54) is 13.5 Å². The van der Waals surface area contributed by atoms with E-state index in [4.69, 9.17) is 23.9 Å². The minimum Gasteiger partial charge on any atom is -0.467 e. The van der Waals surface area contributed by atoms with Gasteiger partial charge < -0.3 is 14.2 Å². The number of hydrogen-bond donors (Lipinski definition) is 0. The maximum atomic E-state index is 12.4. The molecule has 5 rings (SSSR count). The van der Waals surface area contributed by atoms with Crippen molar-refractivity contribution in [3.8, 4) is 0 Å². The second-order valence-electron chi connectivity index (χ2n) is 13.4. The molecule has 0 aromatic heterocycles. The van der Waals surface area contributed by atoms with Gasteiger partial charge in [0.25, 0.3) is 0 Å².